The van der Waals surface area contributed by atoms with E-state index >= 15 is 0 Å². The van der Waals surface area contributed by atoms with Crippen molar-refractivity contribution in [2.45, 2.75) is 88.4 Å². The zero-order valence-corrected chi connectivity index (χ0v) is 21.2. The summed E-state index contributed by atoms with van der Waals surface area (Å²) in [7, 11) is 1.38. The highest BCUT2D eigenvalue weighted by atomic mass is 28.3. The molecule has 2 aromatic rings. The van der Waals surface area contributed by atoms with Gasteiger partial charge in [-0.1, -0.05) is 74.3 Å². The van der Waals surface area contributed by atoms with Gasteiger partial charge in [-0.25, -0.2) is 4.39 Å². The van der Waals surface area contributed by atoms with Crippen molar-refractivity contribution in [2.75, 3.05) is 7.11 Å². The maximum absolute atomic E-state index is 13.2. The second-order valence-corrected chi connectivity index (χ2v) is 13.8. The molecule has 1 unspecified atom stereocenters. The second-order valence-electron chi connectivity index (χ2n) is 10.4. The van der Waals surface area contributed by atoms with Crippen molar-refractivity contribution in [1.29, 1.82) is 0 Å². The van der Waals surface area contributed by atoms with E-state index in [2.05, 4.69) is 31.2 Å². The predicted molar refractivity (Wildman–Crippen MR) is 137 cm³/mol. The van der Waals surface area contributed by atoms with Crippen LogP contribution >= 0.6 is 0 Å². The lowest BCUT2D eigenvalue weighted by Gasteiger charge is -2.38. The first-order valence-electron chi connectivity index (χ1n) is 13.0. The summed E-state index contributed by atoms with van der Waals surface area (Å²) in [6.45, 7) is 2.25. The highest BCUT2D eigenvalue weighted by Gasteiger charge is 2.31. The minimum absolute atomic E-state index is 0.172. The van der Waals surface area contributed by atoms with Gasteiger partial charge in [0.1, 0.15) is 5.82 Å². The van der Waals surface area contributed by atoms with E-state index in [-0.39, 0.29) is 5.82 Å². The zero-order chi connectivity index (χ0) is 22.3. The van der Waals surface area contributed by atoms with Crippen LogP contribution < -0.4 is 0 Å². The van der Waals surface area contributed by atoms with Crippen molar-refractivity contribution in [2.24, 2.45) is 11.8 Å². The number of hydrogen-bond acceptors (Lipinski definition) is 1. The van der Waals surface area contributed by atoms with E-state index in [4.69, 9.17) is 4.74 Å². The molecule has 1 aliphatic heterocycles. The number of rotatable bonds is 8. The minimum Gasteiger partial charge on any atom is -0.381 e. The Bertz CT molecular complexity index is 798. The van der Waals surface area contributed by atoms with Crippen LogP contribution in [0, 0.1) is 17.7 Å². The van der Waals surface area contributed by atoms with Crippen LogP contribution in [0.4, 0.5) is 4.39 Å². The summed E-state index contributed by atoms with van der Waals surface area (Å²) in [5.41, 5.74) is 3.77. The largest absolute Gasteiger partial charge is 0.381 e. The van der Waals surface area contributed by atoms with Crippen LogP contribution in [-0.4, -0.2) is 22.0 Å². The average Bonchev–Trinajstić information content (AvgIpc) is 2.86. The second kappa shape index (κ2) is 11.6. The van der Waals surface area contributed by atoms with E-state index in [1.54, 1.807) is 24.2 Å². The monoisotopic (exact) mass is 452 g/mol. The normalized spacial score (nSPS) is 27.2. The maximum Gasteiger partial charge on any atom is 0.123 e. The molecule has 2 fully saturated rings. The van der Waals surface area contributed by atoms with Crippen LogP contribution in [0.5, 0.6) is 0 Å². The molecule has 0 spiro atoms. The molecule has 2 aromatic carbocycles. The van der Waals surface area contributed by atoms with Gasteiger partial charge in [-0.15, -0.1) is 0 Å². The lowest BCUT2D eigenvalue weighted by atomic mass is 9.72. The number of methoxy groups -OCH3 is 1. The third-order valence-corrected chi connectivity index (χ3v) is 12.0. The molecule has 1 saturated heterocycles. The number of hydrogen-bond donors (Lipinski definition) is 0. The SMILES string of the molecule is CCC(CC[SiH]1CCC([C@H]2CC[C@H](c3ccc(-c4ccc(F)cc4)cc3)CC2)CC1)OC. The number of ether oxygens (including phenoxy) is 1. The molecule has 1 aliphatic carbocycles. The Balaban J connectivity index is 1.22. The van der Waals surface area contributed by atoms with Crippen LogP contribution in [0.3, 0.4) is 0 Å². The maximum atomic E-state index is 13.2. The topological polar surface area (TPSA) is 9.23 Å². The Hall–Kier alpha value is -1.45. The molecular formula is C29H41FOSi. The quantitative estimate of drug-likeness (QED) is 0.367. The van der Waals surface area contributed by atoms with Crippen LogP contribution in [0.25, 0.3) is 11.1 Å². The zero-order valence-electron chi connectivity index (χ0n) is 20.1. The van der Waals surface area contributed by atoms with Gasteiger partial charge in [-0.2, -0.15) is 0 Å². The standard InChI is InChI=1S/C29H41FOSi/c1-3-29(31-2)18-21-32-19-16-27(17-20-32)25-10-8-23(9-11-25)22-4-6-24(7-5-22)26-12-14-28(30)15-13-26/h4-7,12-15,23,25,27,29,32H,3,8-11,16-21H2,1-2H3/t23-,25-,27?,29?,32?. The number of halogens is 1. The van der Waals surface area contributed by atoms with E-state index < -0.39 is 8.80 Å². The minimum atomic E-state index is -0.499. The Labute approximate surface area is 196 Å². The summed E-state index contributed by atoms with van der Waals surface area (Å²) in [6.07, 6.45) is 11.5. The van der Waals surface area contributed by atoms with Crippen LogP contribution in [0.2, 0.25) is 18.1 Å². The summed E-state index contributed by atoms with van der Waals surface area (Å²) in [4.78, 5) is 0. The van der Waals surface area contributed by atoms with Gasteiger partial charge in [0.15, 0.2) is 0 Å². The molecule has 0 aromatic heterocycles. The summed E-state index contributed by atoms with van der Waals surface area (Å²) < 4.78 is 18.8. The summed E-state index contributed by atoms with van der Waals surface area (Å²) in [6, 6.07) is 20.5. The third kappa shape index (κ3) is 6.11. The predicted octanol–water partition coefficient (Wildman–Crippen LogP) is 8.22. The summed E-state index contributed by atoms with van der Waals surface area (Å²) in [5, 5.41) is 0. The van der Waals surface area contributed by atoms with Crippen molar-refractivity contribution < 1.29 is 9.13 Å². The van der Waals surface area contributed by atoms with Gasteiger partial charge >= 0.3 is 0 Å². The molecule has 0 amide bonds. The Morgan fingerprint density at radius 1 is 0.844 bits per heavy atom. The van der Waals surface area contributed by atoms with Gasteiger partial charge in [0.25, 0.3) is 0 Å². The molecule has 1 saturated carbocycles. The molecular weight excluding hydrogens is 411 g/mol. The van der Waals surface area contributed by atoms with E-state index in [9.17, 15) is 4.39 Å². The summed E-state index contributed by atoms with van der Waals surface area (Å²) in [5.74, 6) is 2.53. The van der Waals surface area contributed by atoms with Crippen LogP contribution in [-0.2, 0) is 4.74 Å². The first-order chi connectivity index (χ1) is 15.7. The fraction of sp³-hybridized carbons (Fsp3) is 0.586. The van der Waals surface area contributed by atoms with E-state index in [1.807, 2.05) is 19.2 Å². The van der Waals surface area contributed by atoms with Crippen molar-refractivity contribution in [1.82, 2.24) is 0 Å². The first kappa shape index (κ1) is 23.7. The van der Waals surface area contributed by atoms with Crippen molar-refractivity contribution >= 4 is 8.80 Å². The molecule has 2 aliphatic rings. The van der Waals surface area contributed by atoms with Gasteiger partial charge < -0.3 is 4.74 Å². The van der Waals surface area contributed by atoms with Crippen molar-refractivity contribution in [3.05, 3.63) is 59.9 Å². The lowest BCUT2D eigenvalue weighted by Crippen LogP contribution is -2.28. The highest BCUT2D eigenvalue weighted by Crippen LogP contribution is 2.44. The molecule has 0 radical (unpaired) electrons. The van der Waals surface area contributed by atoms with E-state index in [1.165, 1.54) is 68.5 Å². The molecule has 0 N–H and O–H groups in total. The Morgan fingerprint density at radius 3 is 1.97 bits per heavy atom. The summed E-state index contributed by atoms with van der Waals surface area (Å²) >= 11 is 0. The Morgan fingerprint density at radius 2 is 1.41 bits per heavy atom. The Kier molecular flexibility index (Phi) is 8.60. The molecule has 32 heavy (non-hydrogen) atoms. The smallest absolute Gasteiger partial charge is 0.123 e. The molecule has 3 heteroatoms. The molecule has 1 heterocycles. The van der Waals surface area contributed by atoms with Gasteiger partial charge in [0.2, 0.25) is 0 Å². The molecule has 1 nitrogen and oxygen atoms in total. The van der Waals surface area contributed by atoms with Gasteiger partial charge in [0.05, 0.1) is 6.10 Å². The van der Waals surface area contributed by atoms with Crippen molar-refractivity contribution in [3.63, 3.8) is 0 Å². The fourth-order valence-corrected chi connectivity index (χ4v) is 9.88. The number of benzene rings is 2. The van der Waals surface area contributed by atoms with E-state index in [0.29, 0.717) is 6.10 Å². The van der Waals surface area contributed by atoms with Gasteiger partial charge in [0, 0.05) is 15.9 Å². The van der Waals surface area contributed by atoms with Crippen molar-refractivity contribution in [3.8, 4) is 11.1 Å². The van der Waals surface area contributed by atoms with Crippen LogP contribution in [0.15, 0.2) is 48.5 Å². The molecule has 4 rings (SSSR count). The van der Waals surface area contributed by atoms with Gasteiger partial charge in [-0.05, 0) is 85.1 Å². The third-order valence-electron chi connectivity index (χ3n) is 8.58. The van der Waals surface area contributed by atoms with Gasteiger partial charge in [-0.3, -0.25) is 0 Å². The molecule has 0 bridgehead atoms. The molecule has 174 valence electrons. The lowest BCUT2D eigenvalue weighted by molar-refractivity contribution is 0.0961. The first-order valence-corrected chi connectivity index (χ1v) is 15.5. The van der Waals surface area contributed by atoms with Crippen LogP contribution in [0.1, 0.15) is 69.8 Å². The van der Waals surface area contributed by atoms with E-state index in [0.717, 1.165) is 23.3 Å². The fourth-order valence-electron chi connectivity index (χ4n) is 6.37. The average molecular weight is 453 g/mol. The highest BCUT2D eigenvalue weighted by molar-refractivity contribution is 6.59. The molecule has 1 atom stereocenters.